The standard InChI is InChI=1S/C33H40N2O9/c1-38-19-7-8-20-21-9-10-35-16-18-13-27(44-32(36)17-11-25(39-2)30(41-4)26(12-17)40-3)31(42-5)28(33(37)43-6)22(18)15-24(35)29(21)34-23(20)14-19/h7-8,11-12,14,18,22,24,27-28,31,34H,9-10,13,15-16H2,1-6H3/t18-,22?,24-,27-,28+,31+/m1/s1. The molecule has 3 aliphatic rings. The van der Waals surface area contributed by atoms with Gasteiger partial charge in [0.15, 0.2) is 11.5 Å². The van der Waals surface area contributed by atoms with Crippen molar-refractivity contribution in [1.82, 2.24) is 9.88 Å². The van der Waals surface area contributed by atoms with Crippen LogP contribution < -0.4 is 18.9 Å². The van der Waals surface area contributed by atoms with Crippen LogP contribution in [0.25, 0.3) is 10.9 Å². The topological polar surface area (TPSA) is 118 Å². The lowest BCUT2D eigenvalue weighted by Gasteiger charge is -2.52. The molecule has 11 heteroatoms. The van der Waals surface area contributed by atoms with Crippen molar-refractivity contribution in [3.63, 3.8) is 0 Å². The first-order valence-electron chi connectivity index (χ1n) is 14.9. The van der Waals surface area contributed by atoms with Crippen molar-refractivity contribution >= 4 is 22.8 Å². The van der Waals surface area contributed by atoms with Crippen molar-refractivity contribution in [2.75, 3.05) is 55.7 Å². The molecule has 2 aliphatic heterocycles. The number of carbonyl (C=O) groups is 2. The van der Waals surface area contributed by atoms with Crippen LogP contribution in [0.15, 0.2) is 30.3 Å². The van der Waals surface area contributed by atoms with E-state index >= 15 is 0 Å². The fourth-order valence-electron chi connectivity index (χ4n) is 7.76. The van der Waals surface area contributed by atoms with E-state index in [9.17, 15) is 9.59 Å². The number of esters is 2. The SMILES string of the molecule is COC(=O)[C@H]1C2C[C@@H]3c4[nH]c5cc(OC)ccc5c4CCN3C[C@H]2C[C@@H](OC(=O)c2cc(OC)c(OC)c(OC)c2)[C@@H]1OC. The molecule has 3 aromatic rings. The number of hydrogen-bond donors (Lipinski definition) is 1. The zero-order valence-electron chi connectivity index (χ0n) is 26.0. The highest BCUT2D eigenvalue weighted by molar-refractivity contribution is 5.91. The summed E-state index contributed by atoms with van der Waals surface area (Å²) in [4.78, 5) is 33.1. The molecule has 11 nitrogen and oxygen atoms in total. The second kappa shape index (κ2) is 12.2. The van der Waals surface area contributed by atoms with Crippen LogP contribution in [0.3, 0.4) is 0 Å². The molecule has 3 heterocycles. The molecule has 6 rings (SSSR count). The summed E-state index contributed by atoms with van der Waals surface area (Å²) in [7, 11) is 9.10. The molecule has 0 amide bonds. The summed E-state index contributed by atoms with van der Waals surface area (Å²) in [5.74, 6) is 0.441. The van der Waals surface area contributed by atoms with Gasteiger partial charge in [-0.05, 0) is 60.9 Å². The molecule has 44 heavy (non-hydrogen) atoms. The molecule has 236 valence electrons. The van der Waals surface area contributed by atoms with Crippen LogP contribution in [0.2, 0.25) is 0 Å². The van der Waals surface area contributed by atoms with Crippen molar-refractivity contribution in [1.29, 1.82) is 0 Å². The fraction of sp³-hybridized carbons (Fsp3) is 0.515. The third-order valence-corrected chi connectivity index (χ3v) is 9.76. The number of nitrogens with zero attached hydrogens (tertiary/aromatic N) is 1. The second-order valence-electron chi connectivity index (χ2n) is 11.7. The Hall–Kier alpha value is -3.96. The quantitative estimate of drug-likeness (QED) is 0.374. The Bertz CT molecular complexity index is 1530. The van der Waals surface area contributed by atoms with E-state index in [4.69, 9.17) is 33.2 Å². The number of nitrogens with one attached hydrogen (secondary N) is 1. The highest BCUT2D eigenvalue weighted by Crippen LogP contribution is 2.51. The number of methoxy groups -OCH3 is 6. The van der Waals surface area contributed by atoms with Gasteiger partial charge in [-0.15, -0.1) is 0 Å². The average molecular weight is 609 g/mol. The Morgan fingerprint density at radius 3 is 2.30 bits per heavy atom. The summed E-state index contributed by atoms with van der Waals surface area (Å²) < 4.78 is 39.1. The number of piperidine rings is 1. The van der Waals surface area contributed by atoms with Gasteiger partial charge in [-0.3, -0.25) is 9.69 Å². The highest BCUT2D eigenvalue weighted by atomic mass is 16.6. The number of hydrogen-bond acceptors (Lipinski definition) is 10. The molecular weight excluding hydrogens is 568 g/mol. The summed E-state index contributed by atoms with van der Waals surface area (Å²) in [6.45, 7) is 1.68. The largest absolute Gasteiger partial charge is 0.497 e. The van der Waals surface area contributed by atoms with Crippen molar-refractivity contribution in [2.24, 2.45) is 17.8 Å². The molecule has 1 N–H and O–H groups in total. The Morgan fingerprint density at radius 1 is 0.909 bits per heavy atom. The molecule has 6 atom stereocenters. The van der Waals surface area contributed by atoms with Crippen LogP contribution in [0.5, 0.6) is 23.0 Å². The maximum atomic E-state index is 13.5. The number of aromatic nitrogens is 1. The number of ether oxygens (including phenoxy) is 7. The van der Waals surface area contributed by atoms with E-state index in [0.29, 0.717) is 23.7 Å². The summed E-state index contributed by atoms with van der Waals surface area (Å²) in [6.07, 6.45) is 0.920. The monoisotopic (exact) mass is 608 g/mol. The van der Waals surface area contributed by atoms with Crippen molar-refractivity contribution in [3.8, 4) is 23.0 Å². The van der Waals surface area contributed by atoms with Gasteiger partial charge in [0.1, 0.15) is 18.0 Å². The Balaban J connectivity index is 1.29. The van der Waals surface area contributed by atoms with Crippen LogP contribution in [0.4, 0.5) is 0 Å². The molecule has 2 fully saturated rings. The molecule has 0 bridgehead atoms. The van der Waals surface area contributed by atoms with E-state index in [0.717, 1.165) is 37.2 Å². The summed E-state index contributed by atoms with van der Waals surface area (Å²) in [6, 6.07) is 9.40. The smallest absolute Gasteiger partial charge is 0.338 e. The molecule has 1 aliphatic carbocycles. The molecule has 0 radical (unpaired) electrons. The molecule has 0 spiro atoms. The van der Waals surface area contributed by atoms with Crippen LogP contribution in [0.1, 0.15) is 40.5 Å². The molecule has 1 saturated heterocycles. The number of fused-ring (bicyclic) bond motifs is 6. The van der Waals surface area contributed by atoms with Crippen LogP contribution in [0, 0.1) is 17.8 Å². The maximum Gasteiger partial charge on any atom is 0.338 e. The normalized spacial score (nSPS) is 26.1. The Kier molecular flexibility index (Phi) is 8.34. The molecule has 1 unspecified atom stereocenters. The fourth-order valence-corrected chi connectivity index (χ4v) is 7.76. The summed E-state index contributed by atoms with van der Waals surface area (Å²) >= 11 is 0. The molecular formula is C33H40N2O9. The van der Waals surface area contributed by atoms with E-state index in [-0.39, 0.29) is 29.4 Å². The van der Waals surface area contributed by atoms with Gasteiger partial charge in [-0.2, -0.15) is 0 Å². The van der Waals surface area contributed by atoms with Gasteiger partial charge in [0.05, 0.1) is 53.1 Å². The predicted molar refractivity (Wildman–Crippen MR) is 161 cm³/mol. The Labute approximate surface area is 256 Å². The zero-order valence-corrected chi connectivity index (χ0v) is 26.0. The van der Waals surface area contributed by atoms with Gasteiger partial charge in [0.2, 0.25) is 5.75 Å². The van der Waals surface area contributed by atoms with E-state index in [2.05, 4.69) is 16.0 Å². The minimum absolute atomic E-state index is 0.0170. The second-order valence-corrected chi connectivity index (χ2v) is 11.7. The van der Waals surface area contributed by atoms with Gasteiger partial charge < -0.3 is 38.1 Å². The van der Waals surface area contributed by atoms with E-state index in [1.807, 2.05) is 12.1 Å². The third kappa shape index (κ3) is 5.01. The lowest BCUT2D eigenvalue weighted by molar-refractivity contribution is -0.176. The molecule has 2 aromatic carbocycles. The van der Waals surface area contributed by atoms with Gasteiger partial charge in [0, 0.05) is 42.9 Å². The predicted octanol–water partition coefficient (Wildman–Crippen LogP) is 4.17. The van der Waals surface area contributed by atoms with Crippen LogP contribution in [-0.2, 0) is 25.4 Å². The van der Waals surface area contributed by atoms with E-state index in [1.54, 1.807) is 26.4 Å². The summed E-state index contributed by atoms with van der Waals surface area (Å²) in [5.41, 5.74) is 3.83. The van der Waals surface area contributed by atoms with Gasteiger partial charge in [0.25, 0.3) is 0 Å². The number of aromatic amines is 1. The minimum atomic E-state index is -0.670. The highest BCUT2D eigenvalue weighted by Gasteiger charge is 2.54. The third-order valence-electron chi connectivity index (χ3n) is 9.76. The van der Waals surface area contributed by atoms with E-state index in [1.165, 1.54) is 45.1 Å². The van der Waals surface area contributed by atoms with Crippen LogP contribution in [-0.4, -0.2) is 89.8 Å². The van der Waals surface area contributed by atoms with Gasteiger partial charge >= 0.3 is 11.9 Å². The Morgan fingerprint density at radius 2 is 1.66 bits per heavy atom. The molecule has 1 aromatic heterocycles. The minimum Gasteiger partial charge on any atom is -0.497 e. The van der Waals surface area contributed by atoms with Crippen molar-refractivity contribution in [3.05, 3.63) is 47.2 Å². The first-order chi connectivity index (χ1) is 21.3. The van der Waals surface area contributed by atoms with Gasteiger partial charge in [-0.1, -0.05) is 0 Å². The molecule has 1 saturated carbocycles. The lowest BCUT2D eigenvalue weighted by Crippen LogP contribution is -2.58. The number of rotatable bonds is 8. The number of carbonyl (C=O) groups excluding carboxylic acids is 2. The number of H-pyrrole nitrogens is 1. The van der Waals surface area contributed by atoms with Crippen LogP contribution >= 0.6 is 0 Å². The average Bonchev–Trinajstić information content (AvgIpc) is 3.43. The van der Waals surface area contributed by atoms with Crippen molar-refractivity contribution < 1.29 is 42.7 Å². The summed E-state index contributed by atoms with van der Waals surface area (Å²) in [5, 5.41) is 1.21. The number of benzene rings is 2. The van der Waals surface area contributed by atoms with Crippen molar-refractivity contribution in [2.45, 2.75) is 37.5 Å². The zero-order chi connectivity index (χ0) is 31.1. The van der Waals surface area contributed by atoms with Gasteiger partial charge in [-0.25, -0.2) is 4.79 Å². The maximum absolute atomic E-state index is 13.5. The lowest BCUT2D eigenvalue weighted by atomic mass is 9.63. The first kappa shape index (κ1) is 30.1. The van der Waals surface area contributed by atoms with E-state index < -0.39 is 24.1 Å². The first-order valence-corrected chi connectivity index (χ1v) is 14.9.